The van der Waals surface area contributed by atoms with Crippen LogP contribution in [0.15, 0.2) is 54.7 Å². The summed E-state index contributed by atoms with van der Waals surface area (Å²) in [7, 11) is 3.37. The molecule has 6 heteroatoms. The van der Waals surface area contributed by atoms with Crippen LogP contribution in [0.3, 0.4) is 0 Å². The summed E-state index contributed by atoms with van der Waals surface area (Å²) in [5.41, 5.74) is 3.01. The predicted octanol–water partition coefficient (Wildman–Crippen LogP) is 3.26. The van der Waals surface area contributed by atoms with Crippen LogP contribution in [0.25, 0.3) is 10.9 Å². The van der Waals surface area contributed by atoms with Crippen molar-refractivity contribution in [3.8, 4) is 5.75 Å². The standard InChI is InChI=1S/C23H27N3O3/c1-28-17-16-25-11-10-20-21(4-3-5-22(20)25)23(27)26-14-12-24(13-15-26)18-6-8-19(29-2)9-7-18/h3-11H,12-17H2,1-2H3. The number of fused-ring (bicyclic) bond motifs is 1. The maximum absolute atomic E-state index is 13.2. The van der Waals surface area contributed by atoms with Crippen LogP contribution in [0.1, 0.15) is 10.4 Å². The van der Waals surface area contributed by atoms with E-state index in [1.54, 1.807) is 14.2 Å². The Balaban J connectivity index is 1.46. The molecule has 1 fully saturated rings. The minimum absolute atomic E-state index is 0.106. The van der Waals surface area contributed by atoms with E-state index < -0.39 is 0 Å². The first kappa shape index (κ1) is 19.3. The normalized spacial score (nSPS) is 14.4. The van der Waals surface area contributed by atoms with E-state index in [2.05, 4.69) is 27.7 Å². The fourth-order valence-electron chi connectivity index (χ4n) is 3.93. The highest BCUT2D eigenvalue weighted by molar-refractivity contribution is 6.06. The maximum Gasteiger partial charge on any atom is 0.254 e. The third-order valence-electron chi connectivity index (χ3n) is 5.58. The number of hydrogen-bond acceptors (Lipinski definition) is 4. The van der Waals surface area contributed by atoms with Gasteiger partial charge < -0.3 is 23.8 Å². The van der Waals surface area contributed by atoms with E-state index in [1.807, 2.05) is 41.4 Å². The molecule has 1 aliphatic heterocycles. The Bertz CT molecular complexity index is 973. The Morgan fingerprint density at radius 1 is 0.966 bits per heavy atom. The highest BCUT2D eigenvalue weighted by Crippen LogP contribution is 2.24. The van der Waals surface area contributed by atoms with Crippen molar-refractivity contribution < 1.29 is 14.3 Å². The fourth-order valence-corrected chi connectivity index (χ4v) is 3.93. The van der Waals surface area contributed by atoms with Gasteiger partial charge in [-0.25, -0.2) is 0 Å². The Labute approximate surface area is 171 Å². The topological polar surface area (TPSA) is 46.9 Å². The predicted molar refractivity (Wildman–Crippen MR) is 115 cm³/mol. The second kappa shape index (κ2) is 8.57. The number of piperazine rings is 1. The van der Waals surface area contributed by atoms with Crippen molar-refractivity contribution in [1.29, 1.82) is 0 Å². The molecule has 0 aliphatic carbocycles. The minimum Gasteiger partial charge on any atom is -0.497 e. The van der Waals surface area contributed by atoms with Crippen molar-refractivity contribution in [2.45, 2.75) is 6.54 Å². The molecule has 4 rings (SSSR count). The Morgan fingerprint density at radius 3 is 2.41 bits per heavy atom. The number of carbonyl (C=O) groups is 1. The Morgan fingerprint density at radius 2 is 1.72 bits per heavy atom. The quantitative estimate of drug-likeness (QED) is 0.645. The molecule has 1 saturated heterocycles. The summed E-state index contributed by atoms with van der Waals surface area (Å²) in [6.07, 6.45) is 2.03. The van der Waals surface area contributed by atoms with Crippen molar-refractivity contribution in [1.82, 2.24) is 9.47 Å². The maximum atomic E-state index is 13.2. The lowest BCUT2D eigenvalue weighted by atomic mass is 10.1. The molecule has 0 bridgehead atoms. The molecule has 2 aromatic carbocycles. The number of amides is 1. The summed E-state index contributed by atoms with van der Waals surface area (Å²) in [4.78, 5) is 17.5. The van der Waals surface area contributed by atoms with E-state index in [9.17, 15) is 4.79 Å². The van der Waals surface area contributed by atoms with Gasteiger partial charge in [-0.05, 0) is 42.5 Å². The third kappa shape index (κ3) is 3.93. The lowest BCUT2D eigenvalue weighted by Crippen LogP contribution is -2.48. The summed E-state index contributed by atoms with van der Waals surface area (Å²) < 4.78 is 12.6. The first-order valence-corrected chi connectivity index (χ1v) is 9.96. The van der Waals surface area contributed by atoms with Crippen LogP contribution >= 0.6 is 0 Å². The summed E-state index contributed by atoms with van der Waals surface area (Å²) in [5.74, 6) is 0.961. The van der Waals surface area contributed by atoms with E-state index in [0.717, 1.165) is 47.5 Å². The lowest BCUT2D eigenvalue weighted by molar-refractivity contribution is 0.0749. The molecule has 0 saturated carbocycles. The zero-order valence-corrected chi connectivity index (χ0v) is 17.0. The largest absolute Gasteiger partial charge is 0.497 e. The van der Waals surface area contributed by atoms with Gasteiger partial charge in [0.1, 0.15) is 5.75 Å². The van der Waals surface area contributed by atoms with Crippen LogP contribution in [0.2, 0.25) is 0 Å². The van der Waals surface area contributed by atoms with Gasteiger partial charge in [-0.3, -0.25) is 4.79 Å². The summed E-state index contributed by atoms with van der Waals surface area (Å²) in [5, 5.41) is 1.01. The lowest BCUT2D eigenvalue weighted by Gasteiger charge is -2.36. The highest BCUT2D eigenvalue weighted by Gasteiger charge is 2.24. The second-order valence-corrected chi connectivity index (χ2v) is 7.22. The highest BCUT2D eigenvalue weighted by atomic mass is 16.5. The van der Waals surface area contributed by atoms with Crippen molar-refractivity contribution >= 4 is 22.5 Å². The SMILES string of the molecule is COCCn1ccc2c(C(=O)N3CCN(c4ccc(OC)cc4)CC3)cccc21. The molecule has 29 heavy (non-hydrogen) atoms. The van der Waals surface area contributed by atoms with Crippen LogP contribution < -0.4 is 9.64 Å². The summed E-state index contributed by atoms with van der Waals surface area (Å²) >= 11 is 0. The molecular weight excluding hydrogens is 366 g/mol. The summed E-state index contributed by atoms with van der Waals surface area (Å²) in [6.45, 7) is 4.50. The van der Waals surface area contributed by atoms with E-state index in [-0.39, 0.29) is 5.91 Å². The van der Waals surface area contributed by atoms with Gasteiger partial charge in [0, 0.05) is 68.2 Å². The number of anilines is 1. The molecule has 3 aromatic rings. The smallest absolute Gasteiger partial charge is 0.254 e. The number of benzene rings is 2. The molecule has 0 radical (unpaired) electrons. The molecule has 6 nitrogen and oxygen atoms in total. The second-order valence-electron chi connectivity index (χ2n) is 7.22. The number of hydrogen-bond donors (Lipinski definition) is 0. The Kier molecular flexibility index (Phi) is 5.71. The van der Waals surface area contributed by atoms with Crippen LogP contribution in [-0.2, 0) is 11.3 Å². The number of carbonyl (C=O) groups excluding carboxylic acids is 1. The van der Waals surface area contributed by atoms with E-state index in [1.165, 1.54) is 0 Å². The van der Waals surface area contributed by atoms with Crippen LogP contribution in [-0.4, -0.2) is 62.4 Å². The van der Waals surface area contributed by atoms with Gasteiger partial charge in [0.2, 0.25) is 0 Å². The molecule has 0 N–H and O–H groups in total. The van der Waals surface area contributed by atoms with Crippen LogP contribution in [0.4, 0.5) is 5.69 Å². The van der Waals surface area contributed by atoms with Gasteiger partial charge in [0.25, 0.3) is 5.91 Å². The van der Waals surface area contributed by atoms with Gasteiger partial charge >= 0.3 is 0 Å². The molecule has 1 aromatic heterocycles. The number of nitrogens with zero attached hydrogens (tertiary/aromatic N) is 3. The van der Waals surface area contributed by atoms with Crippen molar-refractivity contribution in [3.05, 3.63) is 60.3 Å². The molecule has 2 heterocycles. The average Bonchev–Trinajstić information content (AvgIpc) is 3.20. The van der Waals surface area contributed by atoms with E-state index in [0.29, 0.717) is 19.7 Å². The zero-order chi connectivity index (χ0) is 20.2. The molecule has 0 atom stereocenters. The number of rotatable bonds is 6. The molecular formula is C23H27N3O3. The zero-order valence-electron chi connectivity index (χ0n) is 17.0. The monoisotopic (exact) mass is 393 g/mol. The van der Waals surface area contributed by atoms with Crippen molar-refractivity contribution in [2.24, 2.45) is 0 Å². The van der Waals surface area contributed by atoms with Crippen LogP contribution in [0.5, 0.6) is 5.75 Å². The van der Waals surface area contributed by atoms with Crippen molar-refractivity contribution in [3.63, 3.8) is 0 Å². The van der Waals surface area contributed by atoms with Crippen LogP contribution in [0, 0.1) is 0 Å². The molecule has 0 unspecified atom stereocenters. The third-order valence-corrected chi connectivity index (χ3v) is 5.58. The van der Waals surface area contributed by atoms with Gasteiger partial charge in [-0.2, -0.15) is 0 Å². The minimum atomic E-state index is 0.106. The molecule has 0 spiro atoms. The Hall–Kier alpha value is -2.99. The molecule has 152 valence electrons. The first-order chi connectivity index (χ1) is 14.2. The van der Waals surface area contributed by atoms with E-state index >= 15 is 0 Å². The van der Waals surface area contributed by atoms with E-state index in [4.69, 9.17) is 9.47 Å². The fraction of sp³-hybridized carbons (Fsp3) is 0.348. The average molecular weight is 393 g/mol. The number of methoxy groups -OCH3 is 2. The number of ether oxygens (including phenoxy) is 2. The molecule has 1 aliphatic rings. The summed E-state index contributed by atoms with van der Waals surface area (Å²) in [6, 6.07) is 16.1. The van der Waals surface area contributed by atoms with Gasteiger partial charge in [-0.1, -0.05) is 6.07 Å². The first-order valence-electron chi connectivity index (χ1n) is 9.96. The van der Waals surface area contributed by atoms with Gasteiger partial charge in [0.15, 0.2) is 0 Å². The van der Waals surface area contributed by atoms with Gasteiger partial charge in [0.05, 0.1) is 13.7 Å². The number of aromatic nitrogens is 1. The van der Waals surface area contributed by atoms with Gasteiger partial charge in [-0.15, -0.1) is 0 Å². The van der Waals surface area contributed by atoms with Crippen molar-refractivity contribution in [2.75, 3.05) is 51.9 Å². The molecule has 1 amide bonds.